The lowest BCUT2D eigenvalue weighted by Crippen LogP contribution is -2.22. The minimum atomic E-state index is -1.50. The van der Waals surface area contributed by atoms with Gasteiger partial charge < -0.3 is 8.39 Å². The van der Waals surface area contributed by atoms with E-state index in [1.54, 1.807) is 0 Å². The maximum absolute atomic E-state index is 6.85. The number of hydrogen-bond donors (Lipinski definition) is 0. The van der Waals surface area contributed by atoms with Gasteiger partial charge in [-0.25, -0.2) is 0 Å². The summed E-state index contributed by atoms with van der Waals surface area (Å²) in [6.07, 6.45) is 0. The quantitative estimate of drug-likeness (QED) is 0.235. The molecule has 0 unspecified atom stereocenters. The van der Waals surface area contributed by atoms with Gasteiger partial charge in [-0.1, -0.05) is 121 Å². The van der Waals surface area contributed by atoms with E-state index in [0.29, 0.717) is 0 Å². The average Bonchev–Trinajstić information content (AvgIpc) is 3.16. The predicted molar refractivity (Wildman–Crippen MR) is 160 cm³/mol. The number of rotatable bonds is 4. The second kappa shape index (κ2) is 9.54. The summed E-state index contributed by atoms with van der Waals surface area (Å²) >= 11 is 0. The standard InChI is InChI=1S/C34H26NO2P/c1-35(34(26-14-4-2-5-15-26)27-16-6-3-7-17-27)38-36-30-22-20-24-12-8-10-18-28(24)32(30)33-29-19-11-9-13-25(29)21-23-31(33)37-38/h2-23,34H,1H3. The maximum atomic E-state index is 6.85. The van der Waals surface area contributed by atoms with E-state index in [-0.39, 0.29) is 6.04 Å². The zero-order valence-corrected chi connectivity index (χ0v) is 21.9. The summed E-state index contributed by atoms with van der Waals surface area (Å²) in [6.45, 7) is 0. The molecule has 0 aliphatic carbocycles. The smallest absolute Gasteiger partial charge is 0.310 e. The van der Waals surface area contributed by atoms with Gasteiger partial charge in [-0.3, -0.25) is 0 Å². The Kier molecular flexibility index (Phi) is 5.74. The van der Waals surface area contributed by atoms with Crippen molar-refractivity contribution >= 4 is 51.6 Å². The topological polar surface area (TPSA) is 29.5 Å². The van der Waals surface area contributed by atoms with Crippen molar-refractivity contribution in [3.8, 4) is 0 Å². The Bertz CT molecular complexity index is 1810. The molecule has 0 spiro atoms. The van der Waals surface area contributed by atoms with Crippen LogP contribution >= 0.6 is 8.16 Å². The lowest BCUT2D eigenvalue weighted by atomic mass is 9.99. The van der Waals surface area contributed by atoms with Crippen LogP contribution in [0.3, 0.4) is 0 Å². The zero-order chi connectivity index (χ0) is 25.5. The highest BCUT2D eigenvalue weighted by Crippen LogP contribution is 2.44. The van der Waals surface area contributed by atoms with Crippen molar-refractivity contribution in [2.75, 3.05) is 11.7 Å². The van der Waals surface area contributed by atoms with E-state index in [0.717, 1.165) is 32.7 Å². The van der Waals surface area contributed by atoms with Gasteiger partial charge in [-0.05, 0) is 44.8 Å². The van der Waals surface area contributed by atoms with Crippen molar-refractivity contribution in [2.24, 2.45) is 0 Å². The summed E-state index contributed by atoms with van der Waals surface area (Å²) < 4.78 is 15.9. The number of fused-ring (bicyclic) bond motifs is 7. The van der Waals surface area contributed by atoms with Crippen LogP contribution < -0.4 is 4.67 Å². The number of benzene rings is 6. The first kappa shape index (κ1) is 22.9. The van der Waals surface area contributed by atoms with Gasteiger partial charge in [-0.2, -0.15) is 4.67 Å². The SMILES string of the molecule is CN(C(c1ccccc1)c1ccccc1)p1oc2ccc3ccccc3c2c2c(ccc3ccccc32)o1. The van der Waals surface area contributed by atoms with E-state index in [2.05, 4.69) is 145 Å². The van der Waals surface area contributed by atoms with Crippen LogP contribution in [0.15, 0.2) is 142 Å². The van der Waals surface area contributed by atoms with Crippen LogP contribution in [0.5, 0.6) is 0 Å². The lowest BCUT2D eigenvalue weighted by Gasteiger charge is -2.26. The van der Waals surface area contributed by atoms with E-state index in [4.69, 9.17) is 8.39 Å². The monoisotopic (exact) mass is 511 g/mol. The van der Waals surface area contributed by atoms with Crippen LogP contribution in [0.1, 0.15) is 17.2 Å². The Hall–Kier alpha value is -4.30. The molecule has 1 aromatic heterocycles. The zero-order valence-electron chi connectivity index (χ0n) is 21.0. The van der Waals surface area contributed by atoms with Crippen LogP contribution in [0.4, 0.5) is 0 Å². The predicted octanol–water partition coefficient (Wildman–Crippen LogP) is 9.95. The Balaban J connectivity index is 1.58. The summed E-state index contributed by atoms with van der Waals surface area (Å²) in [5, 5.41) is 6.86. The van der Waals surface area contributed by atoms with Crippen molar-refractivity contribution < 1.29 is 8.39 Å². The first-order valence-electron chi connectivity index (χ1n) is 12.8. The fraction of sp³-hybridized carbons (Fsp3) is 0.0588. The minimum absolute atomic E-state index is 0.0329. The molecule has 3 nitrogen and oxygen atoms in total. The highest BCUT2D eigenvalue weighted by Gasteiger charge is 2.24. The van der Waals surface area contributed by atoms with Crippen molar-refractivity contribution in [3.63, 3.8) is 0 Å². The second-order valence-corrected chi connectivity index (χ2v) is 11.0. The fourth-order valence-electron chi connectivity index (χ4n) is 5.48. The summed E-state index contributed by atoms with van der Waals surface area (Å²) in [5.74, 6) is 0. The molecule has 0 radical (unpaired) electrons. The highest BCUT2D eigenvalue weighted by molar-refractivity contribution is 7.39. The molecule has 0 atom stereocenters. The van der Waals surface area contributed by atoms with Gasteiger partial charge in [0.15, 0.2) is 0 Å². The average molecular weight is 512 g/mol. The summed E-state index contributed by atoms with van der Waals surface area (Å²) in [6, 6.07) is 46.6. The molecule has 7 aromatic rings. The second-order valence-electron chi connectivity index (χ2n) is 9.54. The summed E-state index contributed by atoms with van der Waals surface area (Å²) in [7, 11) is 0.604. The van der Waals surface area contributed by atoms with E-state index in [9.17, 15) is 0 Å². The molecule has 0 N–H and O–H groups in total. The molecule has 1 heterocycles. The Morgan fingerprint density at radius 3 is 1.39 bits per heavy atom. The Morgan fingerprint density at radius 1 is 0.500 bits per heavy atom. The van der Waals surface area contributed by atoms with Gasteiger partial charge in [0.05, 0.1) is 6.04 Å². The van der Waals surface area contributed by atoms with E-state index < -0.39 is 8.16 Å². The lowest BCUT2D eigenvalue weighted by molar-refractivity contribution is 0.618. The molecule has 0 saturated carbocycles. The Morgan fingerprint density at radius 2 is 0.921 bits per heavy atom. The third-order valence-corrected chi connectivity index (χ3v) is 8.70. The third kappa shape index (κ3) is 3.88. The molecule has 0 aliphatic rings. The van der Waals surface area contributed by atoms with Crippen LogP contribution in [-0.4, -0.2) is 7.05 Å². The molecule has 0 saturated heterocycles. The number of hydrogen-bond acceptors (Lipinski definition) is 3. The molecule has 184 valence electrons. The van der Waals surface area contributed by atoms with Crippen molar-refractivity contribution in [1.82, 2.24) is 0 Å². The van der Waals surface area contributed by atoms with Crippen LogP contribution in [-0.2, 0) is 0 Å². The molecule has 0 amide bonds. The third-order valence-electron chi connectivity index (χ3n) is 7.25. The van der Waals surface area contributed by atoms with Crippen LogP contribution in [0.2, 0.25) is 0 Å². The van der Waals surface area contributed by atoms with Gasteiger partial charge in [0, 0.05) is 17.8 Å². The van der Waals surface area contributed by atoms with Gasteiger partial charge in [-0.15, -0.1) is 0 Å². The molecule has 38 heavy (non-hydrogen) atoms. The molecule has 0 fully saturated rings. The first-order valence-corrected chi connectivity index (χ1v) is 13.9. The molecule has 4 heteroatoms. The molecular weight excluding hydrogens is 485 g/mol. The molecule has 6 aromatic carbocycles. The summed E-state index contributed by atoms with van der Waals surface area (Å²) in [4.78, 5) is 0. The van der Waals surface area contributed by atoms with E-state index in [1.807, 2.05) is 0 Å². The van der Waals surface area contributed by atoms with Gasteiger partial charge in [0.2, 0.25) is 0 Å². The fourth-order valence-corrected chi connectivity index (χ4v) is 6.87. The van der Waals surface area contributed by atoms with Crippen LogP contribution in [0.25, 0.3) is 43.5 Å². The van der Waals surface area contributed by atoms with Gasteiger partial charge >= 0.3 is 8.16 Å². The Labute approximate surface area is 222 Å². The van der Waals surface area contributed by atoms with Gasteiger partial charge in [0.1, 0.15) is 11.2 Å². The van der Waals surface area contributed by atoms with E-state index >= 15 is 0 Å². The largest absolute Gasteiger partial charge is 0.408 e. The highest BCUT2D eigenvalue weighted by atomic mass is 31.1. The normalized spacial score (nSPS) is 11.8. The van der Waals surface area contributed by atoms with Gasteiger partial charge in [0.25, 0.3) is 0 Å². The summed E-state index contributed by atoms with van der Waals surface area (Å²) in [5.41, 5.74) is 4.07. The first-order chi connectivity index (χ1) is 18.8. The van der Waals surface area contributed by atoms with E-state index in [1.165, 1.54) is 21.9 Å². The number of nitrogens with zero attached hydrogens (tertiary/aromatic N) is 1. The molecular formula is C34H26NO2P. The molecule has 0 bridgehead atoms. The van der Waals surface area contributed by atoms with Crippen LogP contribution in [0, 0.1) is 0 Å². The molecule has 7 rings (SSSR count). The van der Waals surface area contributed by atoms with Crippen molar-refractivity contribution in [2.45, 2.75) is 6.04 Å². The van der Waals surface area contributed by atoms with Crippen molar-refractivity contribution in [1.29, 1.82) is 0 Å². The minimum Gasteiger partial charge on any atom is -0.408 e. The molecule has 0 aliphatic heterocycles. The maximum Gasteiger partial charge on any atom is 0.310 e. The van der Waals surface area contributed by atoms with Crippen molar-refractivity contribution in [3.05, 3.63) is 145 Å².